The molecule has 0 aromatic heterocycles. The number of hydrogen-bond acceptors (Lipinski definition) is 2. The van der Waals surface area contributed by atoms with E-state index in [-0.39, 0.29) is 17.3 Å². The monoisotopic (exact) mass is 539 g/mol. The molecule has 39 heavy (non-hydrogen) atoms. The largest absolute Gasteiger partial charge is 0.481 e. The van der Waals surface area contributed by atoms with E-state index in [0.717, 1.165) is 55.6 Å². The smallest absolute Gasteiger partial charge is 0.416 e. The van der Waals surface area contributed by atoms with Gasteiger partial charge in [-0.25, -0.2) is 4.39 Å². The van der Waals surface area contributed by atoms with Crippen molar-refractivity contribution in [2.75, 3.05) is 13.1 Å². The average molecular weight is 540 g/mol. The number of aliphatic carboxylic acids is 1. The fourth-order valence-electron chi connectivity index (χ4n) is 5.96. The Morgan fingerprint density at radius 2 is 1.51 bits per heavy atom. The molecule has 3 aromatic rings. The number of piperidine rings is 1. The van der Waals surface area contributed by atoms with Gasteiger partial charge in [-0.2, -0.15) is 13.2 Å². The zero-order valence-corrected chi connectivity index (χ0v) is 22.2. The summed E-state index contributed by atoms with van der Waals surface area (Å²) in [5.74, 6) is -1.22. The number of carboxylic acids is 1. The van der Waals surface area contributed by atoms with Gasteiger partial charge >= 0.3 is 12.1 Å². The quantitative estimate of drug-likeness (QED) is 0.321. The average Bonchev–Trinajstić information content (AvgIpc) is 2.85. The predicted molar refractivity (Wildman–Crippen MR) is 143 cm³/mol. The van der Waals surface area contributed by atoms with E-state index >= 15 is 0 Å². The van der Waals surface area contributed by atoms with Gasteiger partial charge in [-0.3, -0.25) is 9.69 Å². The van der Waals surface area contributed by atoms with Gasteiger partial charge in [0.05, 0.1) is 17.0 Å². The lowest BCUT2D eigenvalue weighted by Crippen LogP contribution is -2.42. The lowest BCUT2D eigenvalue weighted by atomic mass is 9.64. The molecule has 1 aliphatic heterocycles. The van der Waals surface area contributed by atoms with E-state index in [9.17, 15) is 27.5 Å². The lowest BCUT2D eigenvalue weighted by molar-refractivity contribution is -0.147. The topological polar surface area (TPSA) is 40.5 Å². The Hall–Kier alpha value is -3.19. The normalized spacial score (nSPS) is 19.7. The summed E-state index contributed by atoms with van der Waals surface area (Å²) in [4.78, 5) is 14.7. The highest BCUT2D eigenvalue weighted by atomic mass is 19.4. The maximum absolute atomic E-state index is 13.9. The highest BCUT2D eigenvalue weighted by molar-refractivity contribution is 5.84. The van der Waals surface area contributed by atoms with Gasteiger partial charge in [-0.1, -0.05) is 56.7 Å². The lowest BCUT2D eigenvalue weighted by Gasteiger charge is -2.42. The molecule has 3 nitrogen and oxygen atoms in total. The van der Waals surface area contributed by atoms with Crippen molar-refractivity contribution in [1.29, 1.82) is 0 Å². The van der Waals surface area contributed by atoms with Gasteiger partial charge in [-0.05, 0) is 102 Å². The molecule has 1 saturated heterocycles. The number of rotatable bonds is 6. The van der Waals surface area contributed by atoms with E-state index in [2.05, 4.69) is 18.7 Å². The van der Waals surface area contributed by atoms with Gasteiger partial charge in [0.25, 0.3) is 0 Å². The predicted octanol–water partition coefficient (Wildman–Crippen LogP) is 8.23. The summed E-state index contributed by atoms with van der Waals surface area (Å²) in [5.41, 5.74) is 2.17. The molecule has 5 rings (SSSR count). The van der Waals surface area contributed by atoms with E-state index in [4.69, 9.17) is 0 Å². The van der Waals surface area contributed by atoms with Gasteiger partial charge < -0.3 is 5.11 Å². The molecule has 7 heteroatoms. The van der Waals surface area contributed by atoms with Gasteiger partial charge in [0.1, 0.15) is 5.82 Å². The van der Waals surface area contributed by atoms with E-state index in [1.54, 1.807) is 12.1 Å². The standard InChI is InChI=1S/C32H33F4NO2/c1-30(2)16-18-37(19-17-30)28(22-6-11-25(33)12-7-22)26-13-10-24(31(29(38)39)14-3-15-31)20-27(26)21-4-8-23(9-5-21)32(34,35)36/h4-13,20,28H,3,14-19H2,1-2H3,(H,38,39). The van der Waals surface area contributed by atoms with Gasteiger partial charge in [0, 0.05) is 0 Å². The summed E-state index contributed by atoms with van der Waals surface area (Å²) in [6.07, 6.45) is -0.653. The number of carboxylic acid groups (broad SMARTS) is 1. The highest BCUT2D eigenvalue weighted by Crippen LogP contribution is 2.47. The zero-order chi connectivity index (χ0) is 28.0. The van der Waals surface area contributed by atoms with Crippen LogP contribution in [0, 0.1) is 11.2 Å². The molecule has 0 bridgehead atoms. The summed E-state index contributed by atoms with van der Waals surface area (Å²) in [6.45, 7) is 6.10. The summed E-state index contributed by atoms with van der Waals surface area (Å²) < 4.78 is 54.0. The second-order valence-electron chi connectivity index (χ2n) is 11.8. The summed E-state index contributed by atoms with van der Waals surface area (Å²) >= 11 is 0. The molecule has 2 aliphatic rings. The van der Waals surface area contributed by atoms with Gasteiger partial charge in [-0.15, -0.1) is 0 Å². The highest BCUT2D eigenvalue weighted by Gasteiger charge is 2.46. The number of alkyl halides is 3. The molecule has 0 spiro atoms. The van der Waals surface area contributed by atoms with E-state index in [0.29, 0.717) is 29.5 Å². The molecule has 206 valence electrons. The first-order chi connectivity index (χ1) is 18.4. The van der Waals surface area contributed by atoms with Crippen LogP contribution < -0.4 is 0 Å². The maximum Gasteiger partial charge on any atom is 0.416 e. The molecule has 1 heterocycles. The third-order valence-corrected chi connectivity index (χ3v) is 8.74. The van der Waals surface area contributed by atoms with Crippen LogP contribution in [-0.2, 0) is 16.4 Å². The Kier molecular flexibility index (Phi) is 7.08. The number of benzene rings is 3. The third-order valence-electron chi connectivity index (χ3n) is 8.74. The Morgan fingerprint density at radius 3 is 2.03 bits per heavy atom. The van der Waals surface area contributed by atoms with Crippen molar-refractivity contribution in [3.05, 3.63) is 94.8 Å². The third kappa shape index (κ3) is 5.33. The molecule has 0 amide bonds. The number of halogens is 4. The number of carbonyl (C=O) groups is 1. The minimum Gasteiger partial charge on any atom is -0.481 e. The Balaban J connectivity index is 1.68. The Bertz CT molecular complexity index is 1330. The first-order valence-electron chi connectivity index (χ1n) is 13.4. The zero-order valence-electron chi connectivity index (χ0n) is 22.2. The van der Waals surface area contributed by atoms with Crippen molar-refractivity contribution in [3.8, 4) is 11.1 Å². The molecular formula is C32H33F4NO2. The molecule has 3 aromatic carbocycles. The van der Waals surface area contributed by atoms with Gasteiger partial charge in [0.2, 0.25) is 0 Å². The number of likely N-dealkylation sites (tertiary alicyclic amines) is 1. The van der Waals surface area contributed by atoms with Crippen molar-refractivity contribution >= 4 is 5.97 Å². The molecule has 1 N–H and O–H groups in total. The van der Waals surface area contributed by atoms with Crippen LogP contribution >= 0.6 is 0 Å². The second kappa shape index (κ2) is 10.1. The van der Waals surface area contributed by atoms with E-state index in [1.165, 1.54) is 24.3 Å². The van der Waals surface area contributed by atoms with Crippen molar-refractivity contribution in [2.45, 2.75) is 63.6 Å². The second-order valence-corrected chi connectivity index (χ2v) is 11.8. The van der Waals surface area contributed by atoms with Crippen LogP contribution in [0.5, 0.6) is 0 Å². The maximum atomic E-state index is 13.9. The summed E-state index contributed by atoms with van der Waals surface area (Å²) in [7, 11) is 0. The van der Waals surface area contributed by atoms with Crippen molar-refractivity contribution in [3.63, 3.8) is 0 Å². The Morgan fingerprint density at radius 1 is 0.897 bits per heavy atom. The van der Waals surface area contributed by atoms with Crippen molar-refractivity contribution in [2.24, 2.45) is 5.41 Å². The number of nitrogens with zero attached hydrogens (tertiary/aromatic N) is 1. The van der Waals surface area contributed by atoms with Crippen LogP contribution in [-0.4, -0.2) is 29.1 Å². The van der Waals surface area contributed by atoms with Crippen LogP contribution in [0.4, 0.5) is 17.6 Å². The molecule has 2 fully saturated rings. The van der Waals surface area contributed by atoms with Crippen molar-refractivity contribution < 1.29 is 27.5 Å². The molecule has 1 aliphatic carbocycles. The fraction of sp³-hybridized carbons (Fsp3) is 0.406. The van der Waals surface area contributed by atoms with Crippen LogP contribution in [0.3, 0.4) is 0 Å². The first-order valence-corrected chi connectivity index (χ1v) is 13.4. The molecular weight excluding hydrogens is 506 g/mol. The molecule has 0 radical (unpaired) electrons. The fourth-order valence-corrected chi connectivity index (χ4v) is 5.96. The SMILES string of the molecule is CC1(C)CCN(C(c2ccc(F)cc2)c2ccc(C3(C(=O)O)CCC3)cc2-c2ccc(C(F)(F)F)cc2)CC1. The summed E-state index contributed by atoms with van der Waals surface area (Å²) in [6, 6.07) is 16.8. The minimum atomic E-state index is -4.46. The molecule has 1 unspecified atom stereocenters. The summed E-state index contributed by atoms with van der Waals surface area (Å²) in [5, 5.41) is 10.1. The van der Waals surface area contributed by atoms with Gasteiger partial charge in [0.15, 0.2) is 0 Å². The van der Waals surface area contributed by atoms with Crippen LogP contribution in [0.25, 0.3) is 11.1 Å². The van der Waals surface area contributed by atoms with E-state index < -0.39 is 23.1 Å². The number of hydrogen-bond donors (Lipinski definition) is 1. The van der Waals surface area contributed by atoms with Crippen LogP contribution in [0.1, 0.15) is 74.2 Å². The van der Waals surface area contributed by atoms with E-state index in [1.807, 2.05) is 18.2 Å². The van der Waals surface area contributed by atoms with Crippen LogP contribution in [0.2, 0.25) is 0 Å². The van der Waals surface area contributed by atoms with Crippen LogP contribution in [0.15, 0.2) is 66.7 Å². The Labute approximate surface area is 226 Å². The van der Waals surface area contributed by atoms with Crippen molar-refractivity contribution in [1.82, 2.24) is 4.90 Å². The first kappa shape index (κ1) is 27.4. The molecule has 1 atom stereocenters. The molecule has 1 saturated carbocycles. The minimum absolute atomic E-state index is 0.196.